The van der Waals surface area contributed by atoms with Crippen LogP contribution in [0.1, 0.15) is 19.3 Å². The SMILES string of the molecule is COC(=O)C(Br)CNCCCCC(N)=O. The number of esters is 1. The first-order valence-corrected chi connectivity index (χ1v) is 5.70. The number of hydrogen-bond acceptors (Lipinski definition) is 4. The van der Waals surface area contributed by atoms with Gasteiger partial charge in [-0.25, -0.2) is 0 Å². The van der Waals surface area contributed by atoms with Crippen molar-refractivity contribution in [3.63, 3.8) is 0 Å². The van der Waals surface area contributed by atoms with Gasteiger partial charge >= 0.3 is 5.97 Å². The molecule has 0 saturated carbocycles. The first-order chi connectivity index (χ1) is 7.07. The molecular formula is C9H17BrN2O3. The molecule has 0 radical (unpaired) electrons. The van der Waals surface area contributed by atoms with Crippen LogP contribution in [0.3, 0.4) is 0 Å². The van der Waals surface area contributed by atoms with E-state index in [0.29, 0.717) is 13.0 Å². The van der Waals surface area contributed by atoms with Crippen LogP contribution in [0.25, 0.3) is 0 Å². The van der Waals surface area contributed by atoms with Gasteiger partial charge in [0.25, 0.3) is 0 Å². The van der Waals surface area contributed by atoms with E-state index in [-0.39, 0.29) is 16.7 Å². The fourth-order valence-electron chi connectivity index (χ4n) is 0.989. The molecule has 0 bridgehead atoms. The number of methoxy groups -OCH3 is 1. The highest BCUT2D eigenvalue weighted by Gasteiger charge is 2.13. The Hall–Kier alpha value is -0.620. The highest BCUT2D eigenvalue weighted by Crippen LogP contribution is 2.00. The summed E-state index contributed by atoms with van der Waals surface area (Å²) in [5, 5.41) is 3.07. The van der Waals surface area contributed by atoms with Gasteiger partial charge in [0.05, 0.1) is 7.11 Å². The molecule has 0 rings (SSSR count). The number of nitrogens with two attached hydrogens (primary N) is 1. The van der Waals surface area contributed by atoms with E-state index >= 15 is 0 Å². The molecule has 5 nitrogen and oxygen atoms in total. The van der Waals surface area contributed by atoms with E-state index in [0.717, 1.165) is 19.4 Å². The molecule has 0 fully saturated rings. The lowest BCUT2D eigenvalue weighted by Crippen LogP contribution is -2.30. The van der Waals surface area contributed by atoms with Crippen LogP contribution >= 0.6 is 15.9 Å². The van der Waals surface area contributed by atoms with Gasteiger partial charge in [-0.15, -0.1) is 0 Å². The maximum absolute atomic E-state index is 11.0. The summed E-state index contributed by atoms with van der Waals surface area (Å²) in [6.45, 7) is 1.27. The van der Waals surface area contributed by atoms with Crippen LogP contribution in [0.5, 0.6) is 0 Å². The molecule has 0 aromatic heterocycles. The number of ether oxygens (including phenoxy) is 1. The minimum absolute atomic E-state index is 0.275. The minimum Gasteiger partial charge on any atom is -0.468 e. The number of carbonyl (C=O) groups is 2. The number of alkyl halides is 1. The second-order valence-electron chi connectivity index (χ2n) is 3.12. The lowest BCUT2D eigenvalue weighted by Gasteiger charge is -2.08. The van der Waals surface area contributed by atoms with Crippen molar-refractivity contribution in [2.24, 2.45) is 5.73 Å². The van der Waals surface area contributed by atoms with Crippen molar-refractivity contribution in [3.05, 3.63) is 0 Å². The van der Waals surface area contributed by atoms with Crippen LogP contribution in [0.2, 0.25) is 0 Å². The summed E-state index contributed by atoms with van der Waals surface area (Å²) in [4.78, 5) is 21.0. The molecule has 0 aliphatic rings. The molecule has 1 unspecified atom stereocenters. The molecule has 3 N–H and O–H groups in total. The Morgan fingerprint density at radius 1 is 1.47 bits per heavy atom. The van der Waals surface area contributed by atoms with Crippen molar-refractivity contribution in [1.29, 1.82) is 0 Å². The van der Waals surface area contributed by atoms with Crippen LogP contribution in [0.15, 0.2) is 0 Å². The van der Waals surface area contributed by atoms with Crippen LogP contribution in [-0.2, 0) is 14.3 Å². The second kappa shape index (κ2) is 8.67. The van der Waals surface area contributed by atoms with Gasteiger partial charge in [-0.05, 0) is 19.4 Å². The molecule has 6 heteroatoms. The number of hydrogen-bond donors (Lipinski definition) is 2. The third-order valence-electron chi connectivity index (χ3n) is 1.81. The van der Waals surface area contributed by atoms with E-state index in [4.69, 9.17) is 5.73 Å². The van der Waals surface area contributed by atoms with Crippen LogP contribution in [0.4, 0.5) is 0 Å². The number of primary amides is 1. The number of unbranched alkanes of at least 4 members (excludes halogenated alkanes) is 1. The van der Waals surface area contributed by atoms with Crippen molar-refractivity contribution >= 4 is 27.8 Å². The zero-order chi connectivity index (χ0) is 11.7. The third kappa shape index (κ3) is 8.38. The summed E-state index contributed by atoms with van der Waals surface area (Å²) in [5.41, 5.74) is 4.99. The molecular weight excluding hydrogens is 264 g/mol. The second-order valence-corrected chi connectivity index (χ2v) is 4.22. The van der Waals surface area contributed by atoms with Crippen molar-refractivity contribution in [3.8, 4) is 0 Å². The summed E-state index contributed by atoms with van der Waals surface area (Å²) >= 11 is 3.18. The van der Waals surface area contributed by atoms with E-state index in [1.807, 2.05) is 0 Å². The summed E-state index contributed by atoms with van der Waals surface area (Å²) in [5.74, 6) is -0.567. The molecule has 0 aromatic carbocycles. The zero-order valence-electron chi connectivity index (χ0n) is 8.79. The van der Waals surface area contributed by atoms with Gasteiger partial charge < -0.3 is 15.8 Å². The van der Waals surface area contributed by atoms with Crippen molar-refractivity contribution < 1.29 is 14.3 Å². The van der Waals surface area contributed by atoms with Gasteiger partial charge in [-0.3, -0.25) is 9.59 Å². The van der Waals surface area contributed by atoms with Crippen molar-refractivity contribution in [2.45, 2.75) is 24.1 Å². The number of halogens is 1. The van der Waals surface area contributed by atoms with Gasteiger partial charge in [0.15, 0.2) is 0 Å². The third-order valence-corrected chi connectivity index (χ3v) is 2.50. The van der Waals surface area contributed by atoms with E-state index in [1.54, 1.807) is 0 Å². The molecule has 0 saturated heterocycles. The van der Waals surface area contributed by atoms with Crippen LogP contribution in [-0.4, -0.2) is 36.9 Å². The Morgan fingerprint density at radius 3 is 2.67 bits per heavy atom. The fourth-order valence-corrected chi connectivity index (χ4v) is 1.41. The summed E-state index contributed by atoms with van der Waals surface area (Å²) in [7, 11) is 1.35. The summed E-state index contributed by atoms with van der Waals surface area (Å²) in [6, 6.07) is 0. The van der Waals surface area contributed by atoms with Gasteiger partial charge in [0.2, 0.25) is 5.91 Å². The zero-order valence-corrected chi connectivity index (χ0v) is 10.4. The maximum atomic E-state index is 11.0. The highest BCUT2D eigenvalue weighted by molar-refractivity contribution is 9.10. The fraction of sp³-hybridized carbons (Fsp3) is 0.778. The standard InChI is InChI=1S/C9H17BrN2O3/c1-15-9(14)7(10)6-12-5-3-2-4-8(11)13/h7,12H,2-6H2,1H3,(H2,11,13). The Bertz CT molecular complexity index is 212. The molecule has 0 aliphatic heterocycles. The predicted octanol–water partition coefficient (Wildman–Crippen LogP) is 0.168. The predicted molar refractivity (Wildman–Crippen MR) is 60.6 cm³/mol. The topological polar surface area (TPSA) is 81.4 Å². The maximum Gasteiger partial charge on any atom is 0.320 e. The number of nitrogens with one attached hydrogen (secondary N) is 1. The lowest BCUT2D eigenvalue weighted by atomic mass is 10.2. The van der Waals surface area contributed by atoms with E-state index in [1.165, 1.54) is 7.11 Å². The first kappa shape index (κ1) is 14.4. The summed E-state index contributed by atoms with van der Waals surface area (Å²) < 4.78 is 4.53. The molecule has 1 atom stereocenters. The smallest absolute Gasteiger partial charge is 0.320 e. The van der Waals surface area contributed by atoms with Gasteiger partial charge in [-0.2, -0.15) is 0 Å². The van der Waals surface area contributed by atoms with Gasteiger partial charge in [0, 0.05) is 13.0 Å². The van der Waals surface area contributed by atoms with Crippen LogP contribution < -0.4 is 11.1 Å². The monoisotopic (exact) mass is 280 g/mol. The van der Waals surface area contributed by atoms with Crippen molar-refractivity contribution in [1.82, 2.24) is 5.32 Å². The first-order valence-electron chi connectivity index (χ1n) is 4.79. The van der Waals surface area contributed by atoms with E-state index in [9.17, 15) is 9.59 Å². The Morgan fingerprint density at radius 2 is 2.13 bits per heavy atom. The molecule has 0 spiro atoms. The average Bonchev–Trinajstić information content (AvgIpc) is 2.21. The molecule has 15 heavy (non-hydrogen) atoms. The lowest BCUT2D eigenvalue weighted by molar-refractivity contribution is -0.139. The normalized spacial score (nSPS) is 12.1. The molecule has 0 aromatic rings. The van der Waals surface area contributed by atoms with Gasteiger partial charge in [-0.1, -0.05) is 15.9 Å². The molecule has 0 aliphatic carbocycles. The van der Waals surface area contributed by atoms with E-state index in [2.05, 4.69) is 26.0 Å². The summed E-state index contributed by atoms with van der Waals surface area (Å²) in [6.07, 6.45) is 2.05. The minimum atomic E-state index is -0.321. The molecule has 88 valence electrons. The van der Waals surface area contributed by atoms with Crippen LogP contribution in [0, 0.1) is 0 Å². The number of rotatable bonds is 8. The van der Waals surface area contributed by atoms with E-state index < -0.39 is 0 Å². The Balaban J connectivity index is 3.31. The Labute approximate surface area is 97.9 Å². The molecule has 0 heterocycles. The quantitative estimate of drug-likeness (QED) is 0.377. The van der Waals surface area contributed by atoms with Gasteiger partial charge in [0.1, 0.15) is 4.83 Å². The molecule has 1 amide bonds. The number of carbonyl (C=O) groups excluding carboxylic acids is 2. The Kier molecular flexibility index (Phi) is 8.31. The largest absolute Gasteiger partial charge is 0.468 e. The average molecular weight is 281 g/mol. The number of amides is 1. The van der Waals surface area contributed by atoms with Crippen molar-refractivity contribution in [2.75, 3.05) is 20.2 Å². The highest BCUT2D eigenvalue weighted by atomic mass is 79.9.